The normalized spacial score (nSPS) is 11.5. The summed E-state index contributed by atoms with van der Waals surface area (Å²) in [6.07, 6.45) is 0. The molecule has 0 spiro atoms. The van der Waals surface area contributed by atoms with Crippen LogP contribution < -0.4 is 4.72 Å². The zero-order valence-electron chi connectivity index (χ0n) is 10.1. The van der Waals surface area contributed by atoms with E-state index in [2.05, 4.69) is 4.72 Å². The largest absolute Gasteiger partial charge is 0.445 e. The fraction of sp³-hybridized carbons (Fsp3) is 0.167. The van der Waals surface area contributed by atoms with Crippen molar-refractivity contribution < 1.29 is 22.3 Å². The highest BCUT2D eigenvalue weighted by atomic mass is 32.2. The summed E-state index contributed by atoms with van der Waals surface area (Å²) in [6.45, 7) is 1.31. The number of halogens is 1. The van der Waals surface area contributed by atoms with Gasteiger partial charge in [0.25, 0.3) is 10.0 Å². The van der Waals surface area contributed by atoms with Crippen molar-refractivity contribution in [3.05, 3.63) is 47.5 Å². The molecule has 0 aliphatic heterocycles. The van der Waals surface area contributed by atoms with E-state index in [-0.39, 0.29) is 16.5 Å². The number of hydrogen-bond donors (Lipinski definition) is 2. The fourth-order valence-corrected chi connectivity index (χ4v) is 2.51. The number of aliphatic hydroxyl groups excluding tert-OH is 1. The molecule has 0 atom stereocenters. The Labute approximate surface area is 109 Å². The number of sulfonamides is 1. The number of rotatable bonds is 4. The van der Waals surface area contributed by atoms with E-state index in [1.54, 1.807) is 6.92 Å². The molecule has 7 heteroatoms. The summed E-state index contributed by atoms with van der Waals surface area (Å²) in [5.74, 6) is -0.562. The van der Waals surface area contributed by atoms with Crippen LogP contribution in [0, 0.1) is 12.7 Å². The number of hydrogen-bond acceptors (Lipinski definition) is 4. The average molecular weight is 285 g/mol. The SMILES string of the molecule is Cc1ccc(F)c(NS(=O)(=O)c2ccc(CO)o2)c1. The summed E-state index contributed by atoms with van der Waals surface area (Å²) < 4.78 is 44.4. The Morgan fingerprint density at radius 3 is 2.68 bits per heavy atom. The molecule has 0 radical (unpaired) electrons. The predicted molar refractivity (Wildman–Crippen MR) is 66.6 cm³/mol. The smallest absolute Gasteiger partial charge is 0.295 e. The number of aryl methyl sites for hydroxylation is 1. The van der Waals surface area contributed by atoms with E-state index in [0.29, 0.717) is 0 Å². The van der Waals surface area contributed by atoms with Crippen molar-refractivity contribution in [3.63, 3.8) is 0 Å². The summed E-state index contributed by atoms with van der Waals surface area (Å²) in [5, 5.41) is 8.44. The molecule has 0 saturated carbocycles. The summed E-state index contributed by atoms with van der Waals surface area (Å²) in [7, 11) is -4.01. The molecule has 2 aromatic rings. The van der Waals surface area contributed by atoms with Crippen molar-refractivity contribution in [2.75, 3.05) is 4.72 Å². The lowest BCUT2D eigenvalue weighted by atomic mass is 10.2. The molecule has 0 unspecified atom stereocenters. The number of anilines is 1. The van der Waals surface area contributed by atoms with Crippen LogP contribution in [-0.2, 0) is 16.6 Å². The topological polar surface area (TPSA) is 79.5 Å². The maximum atomic E-state index is 13.5. The number of nitrogens with one attached hydrogen (secondary N) is 1. The van der Waals surface area contributed by atoms with Crippen LogP contribution in [0.25, 0.3) is 0 Å². The summed E-state index contributed by atoms with van der Waals surface area (Å²) in [6, 6.07) is 6.61. The first-order valence-corrected chi connectivity index (χ1v) is 6.89. The number of furan rings is 1. The Morgan fingerprint density at radius 1 is 1.32 bits per heavy atom. The molecule has 102 valence electrons. The minimum Gasteiger partial charge on any atom is -0.445 e. The van der Waals surface area contributed by atoms with Gasteiger partial charge in [-0.25, -0.2) is 4.39 Å². The molecule has 0 fully saturated rings. The summed E-state index contributed by atoms with van der Waals surface area (Å²) in [5.41, 5.74) is 0.566. The maximum absolute atomic E-state index is 13.5. The Bertz CT molecular complexity index is 694. The Hall–Kier alpha value is -1.86. The highest BCUT2D eigenvalue weighted by Crippen LogP contribution is 2.21. The Kier molecular flexibility index (Phi) is 3.59. The molecule has 0 saturated heterocycles. The second-order valence-electron chi connectivity index (χ2n) is 3.97. The lowest BCUT2D eigenvalue weighted by Gasteiger charge is -2.07. The van der Waals surface area contributed by atoms with Gasteiger partial charge in [0.2, 0.25) is 5.09 Å². The van der Waals surface area contributed by atoms with Crippen molar-refractivity contribution in [2.24, 2.45) is 0 Å². The molecule has 1 aromatic carbocycles. The van der Waals surface area contributed by atoms with Crippen LogP contribution >= 0.6 is 0 Å². The molecule has 0 aliphatic carbocycles. The molecule has 19 heavy (non-hydrogen) atoms. The van der Waals surface area contributed by atoms with E-state index in [0.717, 1.165) is 5.56 Å². The van der Waals surface area contributed by atoms with Crippen molar-refractivity contribution in [3.8, 4) is 0 Å². The van der Waals surface area contributed by atoms with Crippen molar-refractivity contribution in [2.45, 2.75) is 18.6 Å². The highest BCUT2D eigenvalue weighted by Gasteiger charge is 2.20. The Balaban J connectivity index is 2.33. The number of benzene rings is 1. The van der Waals surface area contributed by atoms with E-state index in [1.165, 1.54) is 30.3 Å². The first kappa shape index (κ1) is 13.6. The molecule has 0 bridgehead atoms. The Morgan fingerprint density at radius 2 is 2.05 bits per heavy atom. The lowest BCUT2D eigenvalue weighted by Crippen LogP contribution is -2.13. The van der Waals surface area contributed by atoms with E-state index < -0.39 is 22.4 Å². The van der Waals surface area contributed by atoms with Gasteiger partial charge in [-0.3, -0.25) is 4.72 Å². The van der Waals surface area contributed by atoms with Gasteiger partial charge in [0, 0.05) is 0 Å². The first-order chi connectivity index (χ1) is 8.92. The summed E-state index contributed by atoms with van der Waals surface area (Å²) >= 11 is 0. The van der Waals surface area contributed by atoms with Crippen LogP contribution in [0.1, 0.15) is 11.3 Å². The number of aliphatic hydroxyl groups is 1. The molecule has 1 heterocycles. The highest BCUT2D eigenvalue weighted by molar-refractivity contribution is 7.92. The van der Waals surface area contributed by atoms with Crippen LogP contribution in [0.2, 0.25) is 0 Å². The third kappa shape index (κ3) is 2.94. The van der Waals surface area contributed by atoms with Gasteiger partial charge < -0.3 is 9.52 Å². The lowest BCUT2D eigenvalue weighted by molar-refractivity contribution is 0.236. The van der Waals surface area contributed by atoms with Crippen molar-refractivity contribution >= 4 is 15.7 Å². The van der Waals surface area contributed by atoms with Gasteiger partial charge >= 0.3 is 0 Å². The standard InChI is InChI=1S/C12H12FNO4S/c1-8-2-4-10(13)11(6-8)14-19(16,17)12-5-3-9(7-15)18-12/h2-6,14-15H,7H2,1H3. The zero-order valence-corrected chi connectivity index (χ0v) is 10.9. The monoisotopic (exact) mass is 285 g/mol. The van der Waals surface area contributed by atoms with Crippen LogP contribution in [0.15, 0.2) is 39.8 Å². The minimum atomic E-state index is -4.01. The molecular formula is C12H12FNO4S. The molecule has 5 nitrogen and oxygen atoms in total. The van der Waals surface area contributed by atoms with Gasteiger partial charge in [0.1, 0.15) is 18.2 Å². The fourth-order valence-electron chi connectivity index (χ4n) is 1.50. The summed E-state index contributed by atoms with van der Waals surface area (Å²) in [4.78, 5) is 0. The minimum absolute atomic E-state index is 0.116. The zero-order chi connectivity index (χ0) is 14.0. The van der Waals surface area contributed by atoms with E-state index in [4.69, 9.17) is 9.52 Å². The molecule has 2 rings (SSSR count). The van der Waals surface area contributed by atoms with Gasteiger partial charge in [-0.15, -0.1) is 0 Å². The van der Waals surface area contributed by atoms with Crippen LogP contribution in [0.4, 0.5) is 10.1 Å². The van der Waals surface area contributed by atoms with Gasteiger partial charge in [-0.2, -0.15) is 8.42 Å². The van der Waals surface area contributed by atoms with Crippen molar-refractivity contribution in [1.29, 1.82) is 0 Å². The quantitative estimate of drug-likeness (QED) is 0.900. The molecule has 0 amide bonds. The van der Waals surface area contributed by atoms with Crippen LogP contribution in [0.5, 0.6) is 0 Å². The van der Waals surface area contributed by atoms with E-state index >= 15 is 0 Å². The van der Waals surface area contributed by atoms with Gasteiger partial charge in [-0.1, -0.05) is 6.07 Å². The maximum Gasteiger partial charge on any atom is 0.295 e. The molecular weight excluding hydrogens is 273 g/mol. The first-order valence-electron chi connectivity index (χ1n) is 5.41. The van der Waals surface area contributed by atoms with Gasteiger partial charge in [-0.05, 0) is 36.8 Å². The van der Waals surface area contributed by atoms with Gasteiger partial charge in [0.15, 0.2) is 0 Å². The van der Waals surface area contributed by atoms with Crippen LogP contribution in [-0.4, -0.2) is 13.5 Å². The molecule has 2 N–H and O–H groups in total. The van der Waals surface area contributed by atoms with Crippen molar-refractivity contribution in [1.82, 2.24) is 0 Å². The second kappa shape index (κ2) is 5.02. The van der Waals surface area contributed by atoms with Gasteiger partial charge in [0.05, 0.1) is 5.69 Å². The molecule has 1 aromatic heterocycles. The third-order valence-electron chi connectivity index (χ3n) is 2.42. The third-order valence-corrected chi connectivity index (χ3v) is 3.66. The van der Waals surface area contributed by atoms with Crippen LogP contribution in [0.3, 0.4) is 0 Å². The second-order valence-corrected chi connectivity index (χ2v) is 5.58. The average Bonchev–Trinajstić information content (AvgIpc) is 2.83. The predicted octanol–water partition coefficient (Wildman–Crippen LogP) is 2.02. The molecule has 0 aliphatic rings. The van der Waals surface area contributed by atoms with E-state index in [9.17, 15) is 12.8 Å². The van der Waals surface area contributed by atoms with E-state index in [1.807, 2.05) is 0 Å².